The van der Waals surface area contributed by atoms with Crippen molar-refractivity contribution in [1.29, 1.82) is 0 Å². The van der Waals surface area contributed by atoms with Crippen molar-refractivity contribution in [1.82, 2.24) is 9.55 Å². The molecule has 89 heavy (non-hydrogen) atoms. The number of fused-ring (bicyclic) bond motifs is 4. The summed E-state index contributed by atoms with van der Waals surface area (Å²) in [4.78, 5) is 9.83. The summed E-state index contributed by atoms with van der Waals surface area (Å²) in [6.45, 7) is 39.2. The van der Waals surface area contributed by atoms with Crippen molar-refractivity contribution < 1.29 is 25.8 Å². The van der Waals surface area contributed by atoms with Crippen molar-refractivity contribution in [3.05, 3.63) is 281 Å². The molecule has 0 unspecified atom stereocenters. The average molecular weight is 1350 g/mol. The summed E-state index contributed by atoms with van der Waals surface area (Å²) < 4.78 is 9.57. The van der Waals surface area contributed by atoms with Crippen molar-refractivity contribution in [2.45, 2.75) is 150 Å². The van der Waals surface area contributed by atoms with Crippen LogP contribution in [0.2, 0.25) is 0 Å². The van der Waals surface area contributed by atoms with Gasteiger partial charge in [-0.1, -0.05) is 250 Å². The first kappa shape index (κ1) is 62.6. The minimum Gasteiger partial charge on any atom is -0.509 e. The van der Waals surface area contributed by atoms with Gasteiger partial charge in [0.05, 0.1) is 0 Å². The Morgan fingerprint density at radius 3 is 1.52 bits per heavy atom. The smallest absolute Gasteiger partial charge is 0.135 e. The monoisotopic (exact) mass is 1350 g/mol. The van der Waals surface area contributed by atoms with Crippen LogP contribution in [0.4, 0.5) is 22.7 Å². The largest absolute Gasteiger partial charge is 0.509 e. The van der Waals surface area contributed by atoms with Crippen LogP contribution in [-0.2, 0) is 48.1 Å². The standard InChI is InChI=1S/C83H85N4O.Pt/c1-54(2)69-33-26-34-70(55(3)4)78(69)56-43-65(51-68(44-56)88-67-37-38-71-72-48-62(81(11,12)57-27-20-17-21-28-57)36-39-73(72)87(75(71)52-67)77-50-61(41-42-84-77)80(8,9)10)85-53-86(76-49-60(79(5,6)7)35-40-74(76)85)66-46-63(82(13,14)58-29-22-18-23-30-58)45-64(47-66)83(15,16)59-31-24-19-25-32-59;/h17-50,53-55H,1-16H3;/q-3;. The Bertz CT molecular complexity index is 4290. The summed E-state index contributed by atoms with van der Waals surface area (Å²) in [6.07, 6.45) is 1.94. The van der Waals surface area contributed by atoms with Gasteiger partial charge in [0.2, 0.25) is 0 Å². The van der Waals surface area contributed by atoms with Gasteiger partial charge >= 0.3 is 0 Å². The number of hydrogen-bond acceptors (Lipinski definition) is 4. The van der Waals surface area contributed by atoms with Crippen molar-refractivity contribution in [3.63, 3.8) is 0 Å². The third kappa shape index (κ3) is 11.8. The van der Waals surface area contributed by atoms with E-state index in [0.29, 0.717) is 11.5 Å². The maximum atomic E-state index is 7.30. The number of anilines is 4. The van der Waals surface area contributed by atoms with Gasteiger partial charge in [0.25, 0.3) is 0 Å². The van der Waals surface area contributed by atoms with Crippen LogP contribution >= 0.6 is 0 Å². The first-order chi connectivity index (χ1) is 41.8. The van der Waals surface area contributed by atoms with E-state index in [1.807, 2.05) is 6.20 Å². The fourth-order valence-corrected chi connectivity index (χ4v) is 13.0. The van der Waals surface area contributed by atoms with E-state index in [1.165, 1.54) is 61.2 Å². The zero-order chi connectivity index (χ0) is 62.2. The third-order valence-corrected chi connectivity index (χ3v) is 18.9. The average Bonchev–Trinajstić information content (AvgIpc) is 1.78. The van der Waals surface area contributed by atoms with Crippen LogP contribution in [0.1, 0.15) is 178 Å². The quantitative estimate of drug-likeness (QED) is 0.102. The number of ether oxygens (including phenoxy) is 1. The first-order valence-electron chi connectivity index (χ1n) is 31.6. The maximum absolute atomic E-state index is 7.30. The summed E-state index contributed by atoms with van der Waals surface area (Å²) in [6, 6.07) is 81.6. The molecule has 0 N–H and O–H groups in total. The van der Waals surface area contributed by atoms with E-state index < -0.39 is 0 Å². The summed E-state index contributed by atoms with van der Waals surface area (Å²) in [7, 11) is 0. The first-order valence-corrected chi connectivity index (χ1v) is 31.6. The molecule has 0 aliphatic carbocycles. The SMILES string of the molecule is CC(C)c1cccc(C(C)C)c1-c1cc(Oc2[c-]c3c(cc2)c2cc(C(C)(C)c4ccccc4)ccc2n3-c2cc(C(C)(C)C)ccn2)[c-]c(N2[CH-]N(c3cc(C(C)(C)c4ccccc4)cc(C(C)(C)c4ccccc4)c3)c3cc(C(C)(C)C)ccc32)c1.[Pt]. The Morgan fingerprint density at radius 2 is 0.966 bits per heavy atom. The molecule has 0 fully saturated rings. The van der Waals surface area contributed by atoms with Crippen LogP contribution in [0.15, 0.2) is 206 Å². The van der Waals surface area contributed by atoms with Gasteiger partial charge in [-0.3, -0.25) is 0 Å². The van der Waals surface area contributed by atoms with Crippen molar-refractivity contribution in [3.8, 4) is 28.4 Å². The fraction of sp³-hybridized carbons (Fsp3) is 0.277. The molecular formula is C83H85N4OPt-3. The van der Waals surface area contributed by atoms with Crippen LogP contribution in [0, 0.1) is 18.8 Å². The molecule has 9 aromatic carbocycles. The minimum absolute atomic E-state index is 0. The maximum Gasteiger partial charge on any atom is 0.135 e. The Morgan fingerprint density at radius 1 is 0.427 bits per heavy atom. The fourth-order valence-electron chi connectivity index (χ4n) is 13.0. The van der Waals surface area contributed by atoms with Crippen LogP contribution in [0.25, 0.3) is 38.8 Å². The molecule has 3 heterocycles. The van der Waals surface area contributed by atoms with Gasteiger partial charge in [-0.15, -0.1) is 53.6 Å². The van der Waals surface area contributed by atoms with Crippen LogP contribution < -0.4 is 14.5 Å². The van der Waals surface area contributed by atoms with Gasteiger partial charge in [-0.25, -0.2) is 4.98 Å². The number of benzene rings is 9. The second-order valence-corrected chi connectivity index (χ2v) is 28.7. The van der Waals surface area contributed by atoms with Crippen LogP contribution in [-0.4, -0.2) is 9.55 Å². The number of aromatic nitrogens is 2. The molecule has 0 spiro atoms. The van der Waals surface area contributed by atoms with Crippen LogP contribution in [0.5, 0.6) is 11.5 Å². The molecule has 12 rings (SSSR count). The molecule has 0 atom stereocenters. The summed E-state index contributed by atoms with van der Waals surface area (Å²) in [5.74, 6) is 2.55. The Kier molecular flexibility index (Phi) is 16.7. The molecule has 2 aromatic heterocycles. The normalized spacial score (nSPS) is 13.2. The van der Waals surface area contributed by atoms with E-state index in [1.54, 1.807) is 0 Å². The molecular weight excluding hydrogens is 1260 g/mol. The van der Waals surface area contributed by atoms with Gasteiger partial charge in [0.1, 0.15) is 5.82 Å². The molecule has 11 aromatic rings. The molecule has 1 aliphatic rings. The van der Waals surface area contributed by atoms with Gasteiger partial charge in [-0.2, -0.15) is 6.07 Å². The molecule has 0 saturated heterocycles. The summed E-state index contributed by atoms with van der Waals surface area (Å²) in [5.41, 5.74) is 19.9. The molecule has 6 heteroatoms. The second-order valence-electron chi connectivity index (χ2n) is 28.7. The number of hydrogen-bond donors (Lipinski definition) is 0. The summed E-state index contributed by atoms with van der Waals surface area (Å²) in [5, 5.41) is 2.21. The predicted octanol–water partition coefficient (Wildman–Crippen LogP) is 22.5. The van der Waals surface area contributed by atoms with Crippen molar-refractivity contribution in [2.75, 3.05) is 9.80 Å². The molecule has 5 nitrogen and oxygen atoms in total. The van der Waals surface area contributed by atoms with Gasteiger partial charge in [-0.05, 0) is 132 Å². The van der Waals surface area contributed by atoms with E-state index in [-0.39, 0.29) is 60.0 Å². The van der Waals surface area contributed by atoms with Crippen LogP contribution in [0.3, 0.4) is 0 Å². The van der Waals surface area contributed by atoms with Gasteiger partial charge < -0.3 is 19.1 Å². The Hall–Kier alpha value is -7.98. The number of pyridine rings is 1. The molecule has 1 aliphatic heterocycles. The Labute approximate surface area is 545 Å². The second kappa shape index (κ2) is 23.8. The zero-order valence-electron chi connectivity index (χ0n) is 54.9. The zero-order valence-corrected chi connectivity index (χ0v) is 57.1. The van der Waals surface area contributed by atoms with E-state index in [9.17, 15) is 0 Å². The Balaban J connectivity index is 0.00000817. The molecule has 0 saturated carbocycles. The number of rotatable bonds is 14. The van der Waals surface area contributed by atoms with E-state index in [0.717, 1.165) is 55.9 Å². The molecule has 0 bridgehead atoms. The predicted molar refractivity (Wildman–Crippen MR) is 371 cm³/mol. The van der Waals surface area contributed by atoms with E-state index in [4.69, 9.17) is 9.72 Å². The summed E-state index contributed by atoms with van der Waals surface area (Å²) >= 11 is 0. The van der Waals surface area contributed by atoms with E-state index >= 15 is 0 Å². The number of nitrogens with zero attached hydrogens (tertiary/aromatic N) is 4. The van der Waals surface area contributed by atoms with Gasteiger partial charge in [0.15, 0.2) is 0 Å². The third-order valence-electron chi connectivity index (χ3n) is 18.9. The molecule has 0 amide bonds. The van der Waals surface area contributed by atoms with Gasteiger partial charge in [0, 0.05) is 77.6 Å². The van der Waals surface area contributed by atoms with Crippen molar-refractivity contribution >= 4 is 44.6 Å². The molecule has 456 valence electrons. The topological polar surface area (TPSA) is 33.5 Å². The van der Waals surface area contributed by atoms with Crippen molar-refractivity contribution in [2.24, 2.45) is 0 Å². The minimum atomic E-state index is -0.315. The van der Waals surface area contributed by atoms with E-state index in [2.05, 4.69) is 344 Å². The molecule has 0 radical (unpaired) electrons.